The van der Waals surface area contributed by atoms with E-state index in [0.29, 0.717) is 75.0 Å². The largest absolute Gasteiger partial charge is 0.455 e. The van der Waals surface area contributed by atoms with Gasteiger partial charge in [0.15, 0.2) is 58.2 Å². The molecule has 0 radical (unpaired) electrons. The lowest BCUT2D eigenvalue weighted by Gasteiger charge is -2.10. The van der Waals surface area contributed by atoms with Gasteiger partial charge in [0.05, 0.1) is 22.5 Å². The number of nitrogens with zero attached hydrogens (tertiary/aromatic N) is 11. The molecule has 20 aromatic rings. The molecule has 0 aliphatic carbocycles. The third kappa shape index (κ3) is 13.0. The van der Waals surface area contributed by atoms with Crippen LogP contribution in [0.25, 0.3) is 203 Å². The molecule has 0 unspecified atom stereocenters. The van der Waals surface area contributed by atoms with Crippen molar-refractivity contribution >= 4 is 43.9 Å². The molecule has 0 aliphatic rings. The molecule has 0 saturated heterocycles. The van der Waals surface area contributed by atoms with E-state index in [1.165, 1.54) is 0 Å². The van der Waals surface area contributed by atoms with Crippen LogP contribution in [0.15, 0.2) is 379 Å². The predicted octanol–water partition coefficient (Wildman–Crippen LogP) is 23.9. The summed E-state index contributed by atoms with van der Waals surface area (Å²) in [6.45, 7) is 0. The molecule has 0 fully saturated rings. The summed E-state index contributed by atoms with van der Waals surface area (Å²) >= 11 is 0. The molecular weight excluding hydrogens is 1350 g/mol. The van der Waals surface area contributed by atoms with E-state index in [-0.39, 0.29) is 0 Å². The monoisotopic (exact) mass is 1410 g/mol. The third-order valence-electron chi connectivity index (χ3n) is 19.4. The Morgan fingerprint density at radius 2 is 0.391 bits per heavy atom. The highest BCUT2D eigenvalue weighted by Crippen LogP contribution is 2.44. The molecule has 13 heteroatoms. The number of rotatable bonds is 14. The van der Waals surface area contributed by atoms with Crippen LogP contribution >= 0.6 is 0 Å². The minimum absolute atomic E-state index is 0.519. The minimum Gasteiger partial charge on any atom is -0.455 e. The van der Waals surface area contributed by atoms with E-state index < -0.39 is 0 Å². The molecule has 0 aliphatic heterocycles. The normalized spacial score (nSPS) is 11.3. The molecule has 516 valence electrons. The first kappa shape index (κ1) is 65.5. The molecule has 0 amide bonds. The topological polar surface area (TPSA) is 168 Å². The second-order valence-electron chi connectivity index (χ2n) is 26.4. The highest BCUT2D eigenvalue weighted by molar-refractivity contribution is 6.16. The fraction of sp³-hybridized carbons (Fsp3) is 0. The van der Waals surface area contributed by atoms with Crippen LogP contribution in [-0.2, 0) is 0 Å². The van der Waals surface area contributed by atoms with Crippen LogP contribution in [0.3, 0.4) is 0 Å². The summed E-state index contributed by atoms with van der Waals surface area (Å²) in [5.41, 5.74) is 19.5. The Bertz CT molecular complexity index is 6230. The van der Waals surface area contributed by atoms with Gasteiger partial charge in [0, 0.05) is 77.2 Å². The van der Waals surface area contributed by atoms with Gasteiger partial charge in [0.25, 0.3) is 0 Å². The molecule has 13 nitrogen and oxygen atoms in total. The lowest BCUT2D eigenvalue weighted by atomic mass is 10.0. The summed E-state index contributed by atoms with van der Waals surface area (Å²) in [7, 11) is 0. The van der Waals surface area contributed by atoms with E-state index >= 15 is 0 Å². The molecule has 6 heterocycles. The van der Waals surface area contributed by atoms with Gasteiger partial charge in [0.1, 0.15) is 22.3 Å². The summed E-state index contributed by atoms with van der Waals surface area (Å²) < 4.78 is 13.4. The number of hydrogen-bond donors (Lipinski definition) is 0. The van der Waals surface area contributed by atoms with E-state index in [9.17, 15) is 0 Å². The van der Waals surface area contributed by atoms with Crippen molar-refractivity contribution in [1.29, 1.82) is 0 Å². The predicted molar refractivity (Wildman–Crippen MR) is 439 cm³/mol. The number of para-hydroxylation sites is 2. The first-order chi connectivity index (χ1) is 54.5. The molecule has 0 bridgehead atoms. The van der Waals surface area contributed by atoms with Crippen molar-refractivity contribution in [2.24, 2.45) is 0 Å². The van der Waals surface area contributed by atoms with Crippen LogP contribution in [0.1, 0.15) is 0 Å². The summed E-state index contributed by atoms with van der Waals surface area (Å²) in [6, 6.07) is 124. The summed E-state index contributed by atoms with van der Waals surface area (Å²) in [4.78, 5) is 55.7. The molecule has 20 rings (SSSR count). The van der Waals surface area contributed by atoms with E-state index in [1.807, 2.05) is 279 Å². The van der Waals surface area contributed by atoms with E-state index in [2.05, 4.69) is 91.0 Å². The molecule has 14 aromatic carbocycles. The first-order valence-electron chi connectivity index (χ1n) is 36.2. The van der Waals surface area contributed by atoms with Crippen LogP contribution in [0, 0.1) is 0 Å². The van der Waals surface area contributed by atoms with Crippen LogP contribution in [0.4, 0.5) is 0 Å². The zero-order valence-electron chi connectivity index (χ0n) is 59.0. The zero-order chi connectivity index (χ0) is 73.1. The summed E-state index contributed by atoms with van der Waals surface area (Å²) in [5.74, 6) is 5.72. The van der Waals surface area contributed by atoms with Crippen molar-refractivity contribution in [2.75, 3.05) is 0 Å². The SMILES string of the molecule is c1ccc(-c2cccc(-c3nc(-c4ccccc4)nc(-c4cccc5oc6c(-c7nc(-c8ccccc8)cc(-c8ccccc8)n7)cccc6c45)n3)c2)cc1.c1ccc(-c2cccc(-c3nc(-c4ccccc4)nc(-c4cccc5oc6c(-c7nc(-c8ccccc8)nc(-c8ccccc8)n7)cccc6c45)n3)c2)cc1. The first-order valence-corrected chi connectivity index (χ1v) is 36.2. The van der Waals surface area contributed by atoms with Crippen molar-refractivity contribution in [3.8, 4) is 159 Å². The molecular formula is C97H61N11O2. The molecule has 0 atom stereocenters. The highest BCUT2D eigenvalue weighted by Gasteiger charge is 2.25. The molecule has 0 N–H and O–H groups in total. The Morgan fingerprint density at radius 3 is 0.727 bits per heavy atom. The van der Waals surface area contributed by atoms with Gasteiger partial charge in [-0.3, -0.25) is 0 Å². The van der Waals surface area contributed by atoms with E-state index in [1.54, 1.807) is 0 Å². The van der Waals surface area contributed by atoms with Gasteiger partial charge in [-0.05, 0) is 64.7 Å². The lowest BCUT2D eigenvalue weighted by molar-refractivity contribution is 0.669. The van der Waals surface area contributed by atoms with Crippen molar-refractivity contribution in [3.05, 3.63) is 370 Å². The van der Waals surface area contributed by atoms with Gasteiger partial charge in [-0.25, -0.2) is 54.8 Å². The maximum absolute atomic E-state index is 6.73. The number of benzene rings is 14. The fourth-order valence-corrected chi connectivity index (χ4v) is 14.1. The standard InChI is InChI=1S/C49H31N5O.C48H30N6O/c1-5-16-32(17-6-1)36-24-13-25-37(30-36)47-52-46(35-22-11-4-12-23-35)53-48(54-47)39-27-15-29-43-44(39)38-26-14-28-40(45(38)55-43)49-50-41(33-18-7-2-8-19-33)31-42(51-49)34-20-9-3-10-21-34;1-5-16-31(17-6-1)35-24-13-25-36(30-35)46-50-45(34-22-11-4-12-23-34)51-47(54-46)38-27-15-29-40-41(38)37-26-14-28-39(42(37)55-40)48-52-43(32-18-7-2-8-19-32)49-44(53-48)33-20-9-3-10-21-33/h1-31H;1-30H. The zero-order valence-corrected chi connectivity index (χ0v) is 59.0. The van der Waals surface area contributed by atoms with Crippen molar-refractivity contribution < 1.29 is 8.83 Å². The van der Waals surface area contributed by atoms with Gasteiger partial charge in [-0.1, -0.05) is 328 Å². The average molecular weight is 1410 g/mol. The highest BCUT2D eigenvalue weighted by atomic mass is 16.3. The van der Waals surface area contributed by atoms with Crippen molar-refractivity contribution in [2.45, 2.75) is 0 Å². The second kappa shape index (κ2) is 29.0. The van der Waals surface area contributed by atoms with Gasteiger partial charge < -0.3 is 8.83 Å². The van der Waals surface area contributed by atoms with Crippen LogP contribution in [0.2, 0.25) is 0 Å². The Morgan fingerprint density at radius 1 is 0.155 bits per heavy atom. The van der Waals surface area contributed by atoms with Crippen molar-refractivity contribution in [1.82, 2.24) is 54.8 Å². The number of furan rings is 2. The van der Waals surface area contributed by atoms with Crippen LogP contribution < -0.4 is 0 Å². The average Bonchev–Trinajstić information content (AvgIpc) is 1.59. The summed E-state index contributed by atoms with van der Waals surface area (Å²) in [6.07, 6.45) is 0. The number of fused-ring (bicyclic) bond motifs is 6. The lowest BCUT2D eigenvalue weighted by Crippen LogP contribution is -2.00. The van der Waals surface area contributed by atoms with E-state index in [0.717, 1.165) is 128 Å². The minimum atomic E-state index is 0.519. The second-order valence-corrected chi connectivity index (χ2v) is 26.4. The maximum Gasteiger partial charge on any atom is 0.167 e. The molecule has 110 heavy (non-hydrogen) atoms. The van der Waals surface area contributed by atoms with Crippen LogP contribution in [-0.4, -0.2) is 54.8 Å². The quantitative estimate of drug-likeness (QED) is 0.101. The third-order valence-corrected chi connectivity index (χ3v) is 19.4. The van der Waals surface area contributed by atoms with Crippen LogP contribution in [0.5, 0.6) is 0 Å². The van der Waals surface area contributed by atoms with Gasteiger partial charge >= 0.3 is 0 Å². The molecule has 6 aromatic heterocycles. The molecule has 0 saturated carbocycles. The number of hydrogen-bond acceptors (Lipinski definition) is 13. The summed E-state index contributed by atoms with van der Waals surface area (Å²) in [5, 5.41) is 3.64. The molecule has 0 spiro atoms. The number of aromatic nitrogens is 11. The van der Waals surface area contributed by atoms with Gasteiger partial charge in [-0.2, -0.15) is 0 Å². The Kier molecular flexibility index (Phi) is 17.3. The Balaban J connectivity index is 0.000000149. The fourth-order valence-electron chi connectivity index (χ4n) is 14.1. The Hall–Kier alpha value is -15.2. The van der Waals surface area contributed by atoms with Crippen molar-refractivity contribution in [3.63, 3.8) is 0 Å². The smallest absolute Gasteiger partial charge is 0.167 e. The van der Waals surface area contributed by atoms with Gasteiger partial charge in [0.2, 0.25) is 0 Å². The van der Waals surface area contributed by atoms with Gasteiger partial charge in [-0.15, -0.1) is 0 Å². The maximum atomic E-state index is 6.73. The van der Waals surface area contributed by atoms with E-state index in [4.69, 9.17) is 63.7 Å². The Labute approximate surface area is 632 Å².